The minimum Gasteiger partial charge on any atom is -0.371 e. The van der Waals surface area contributed by atoms with E-state index in [0.717, 1.165) is 43.7 Å². The molecular weight excluding hydrogens is 218 g/mol. The van der Waals surface area contributed by atoms with Crippen LogP contribution in [0.5, 0.6) is 0 Å². The number of nitrogens with one attached hydrogen (secondary N) is 1. The van der Waals surface area contributed by atoms with Crippen LogP contribution >= 0.6 is 0 Å². The Labute approximate surface area is 99.6 Å². The lowest BCUT2D eigenvalue weighted by Crippen LogP contribution is -2.25. The van der Waals surface area contributed by atoms with Gasteiger partial charge in [0.05, 0.1) is 4.92 Å². The van der Waals surface area contributed by atoms with Gasteiger partial charge in [0.2, 0.25) is 0 Å². The zero-order valence-electron chi connectivity index (χ0n) is 9.50. The van der Waals surface area contributed by atoms with Crippen molar-refractivity contribution < 1.29 is 4.92 Å². The Morgan fingerprint density at radius 1 is 1.18 bits per heavy atom. The van der Waals surface area contributed by atoms with Gasteiger partial charge in [0.25, 0.3) is 5.69 Å². The number of anilines is 1. The summed E-state index contributed by atoms with van der Waals surface area (Å²) < 4.78 is 0. The number of non-ortho nitro benzene ring substituents is 1. The lowest BCUT2D eigenvalue weighted by Gasteiger charge is -2.19. The van der Waals surface area contributed by atoms with Crippen LogP contribution in [0.2, 0.25) is 0 Å². The zero-order chi connectivity index (χ0) is 11.8. The Morgan fingerprint density at radius 2 is 1.76 bits per heavy atom. The van der Waals surface area contributed by atoms with E-state index in [2.05, 4.69) is 10.2 Å². The van der Waals surface area contributed by atoms with Gasteiger partial charge >= 0.3 is 0 Å². The minimum atomic E-state index is -0.355. The number of nitrogens with zero attached hydrogens (tertiary/aromatic N) is 2. The lowest BCUT2D eigenvalue weighted by atomic mass is 10.0. The van der Waals surface area contributed by atoms with E-state index in [1.807, 2.05) is 12.1 Å². The lowest BCUT2D eigenvalue weighted by molar-refractivity contribution is -0.384. The monoisotopic (exact) mass is 233 g/mol. The van der Waals surface area contributed by atoms with Crippen LogP contribution < -0.4 is 10.2 Å². The van der Waals surface area contributed by atoms with Gasteiger partial charge in [-0.25, -0.2) is 0 Å². The van der Waals surface area contributed by atoms with Gasteiger partial charge in [-0.15, -0.1) is 0 Å². The standard InChI is InChI=1S/C12H15N3O2/c16-15(17)12-3-1-11(2-4-12)14-7-9-5-13-6-10(9)8-14/h1-4,9-10,13H,5-8H2/t9-,10+. The van der Waals surface area contributed by atoms with Crippen molar-refractivity contribution in [2.24, 2.45) is 11.8 Å². The van der Waals surface area contributed by atoms with Crippen LogP contribution in [0.4, 0.5) is 11.4 Å². The van der Waals surface area contributed by atoms with Crippen LogP contribution in [0.1, 0.15) is 0 Å². The fourth-order valence-corrected chi connectivity index (χ4v) is 2.85. The molecule has 0 amide bonds. The van der Waals surface area contributed by atoms with Gasteiger partial charge in [-0.1, -0.05) is 0 Å². The summed E-state index contributed by atoms with van der Waals surface area (Å²) in [6.07, 6.45) is 0. The molecular formula is C12H15N3O2. The Kier molecular flexibility index (Phi) is 2.48. The van der Waals surface area contributed by atoms with E-state index in [0.29, 0.717) is 0 Å². The number of benzene rings is 1. The SMILES string of the molecule is O=[N+]([O-])c1ccc(N2C[C@H]3CNC[C@H]3C2)cc1. The first-order valence-electron chi connectivity index (χ1n) is 5.94. The number of rotatable bonds is 2. The first-order valence-corrected chi connectivity index (χ1v) is 5.94. The summed E-state index contributed by atoms with van der Waals surface area (Å²) in [4.78, 5) is 12.6. The van der Waals surface area contributed by atoms with Gasteiger partial charge in [0.15, 0.2) is 0 Å². The molecule has 0 radical (unpaired) electrons. The molecule has 2 aliphatic heterocycles. The van der Waals surface area contributed by atoms with Crippen LogP contribution in [0, 0.1) is 22.0 Å². The molecule has 0 bridgehead atoms. The molecule has 1 N–H and O–H groups in total. The van der Waals surface area contributed by atoms with Crippen LogP contribution in [-0.2, 0) is 0 Å². The Hall–Kier alpha value is -1.62. The minimum absolute atomic E-state index is 0.162. The van der Waals surface area contributed by atoms with Crippen molar-refractivity contribution in [3.8, 4) is 0 Å². The second-order valence-corrected chi connectivity index (χ2v) is 4.86. The summed E-state index contributed by atoms with van der Waals surface area (Å²) in [5.41, 5.74) is 1.26. The third kappa shape index (κ3) is 1.86. The first kappa shape index (κ1) is 10.5. The van der Waals surface area contributed by atoms with E-state index in [9.17, 15) is 10.1 Å². The summed E-state index contributed by atoms with van der Waals surface area (Å²) in [5, 5.41) is 14.0. The number of nitro benzene ring substituents is 1. The van der Waals surface area contributed by atoms with E-state index in [-0.39, 0.29) is 10.6 Å². The van der Waals surface area contributed by atoms with Crippen LogP contribution in [0.15, 0.2) is 24.3 Å². The van der Waals surface area contributed by atoms with Crippen LogP contribution in [-0.4, -0.2) is 31.1 Å². The molecule has 0 saturated carbocycles. The van der Waals surface area contributed by atoms with Gasteiger partial charge in [-0.2, -0.15) is 0 Å². The normalized spacial score (nSPS) is 27.2. The second-order valence-electron chi connectivity index (χ2n) is 4.86. The highest BCUT2D eigenvalue weighted by molar-refractivity contribution is 5.51. The summed E-state index contributed by atoms with van der Waals surface area (Å²) in [5.74, 6) is 1.48. The van der Waals surface area contributed by atoms with Crippen molar-refractivity contribution in [3.05, 3.63) is 34.4 Å². The van der Waals surface area contributed by atoms with Crippen molar-refractivity contribution >= 4 is 11.4 Å². The Bertz CT molecular complexity index is 420. The number of nitro groups is 1. The van der Waals surface area contributed by atoms with Crippen molar-refractivity contribution in [2.75, 3.05) is 31.1 Å². The molecule has 2 saturated heterocycles. The summed E-state index contributed by atoms with van der Waals surface area (Å²) in [6, 6.07) is 6.88. The number of fused-ring (bicyclic) bond motifs is 1. The largest absolute Gasteiger partial charge is 0.371 e. The maximum Gasteiger partial charge on any atom is 0.269 e. The quantitative estimate of drug-likeness (QED) is 0.617. The van der Waals surface area contributed by atoms with Gasteiger partial charge in [0.1, 0.15) is 0 Å². The van der Waals surface area contributed by atoms with Gasteiger partial charge in [-0.3, -0.25) is 10.1 Å². The van der Waals surface area contributed by atoms with E-state index in [1.54, 1.807) is 12.1 Å². The van der Waals surface area contributed by atoms with E-state index in [4.69, 9.17) is 0 Å². The molecule has 3 rings (SSSR count). The molecule has 2 atom stereocenters. The molecule has 1 aromatic rings. The van der Waals surface area contributed by atoms with Gasteiger partial charge in [-0.05, 0) is 24.0 Å². The summed E-state index contributed by atoms with van der Waals surface area (Å²) >= 11 is 0. The molecule has 2 aliphatic rings. The molecule has 17 heavy (non-hydrogen) atoms. The van der Waals surface area contributed by atoms with Gasteiger partial charge < -0.3 is 10.2 Å². The molecule has 0 unspecified atom stereocenters. The third-order valence-corrected chi connectivity index (χ3v) is 3.82. The molecule has 0 aliphatic carbocycles. The van der Waals surface area contributed by atoms with Crippen molar-refractivity contribution in [1.82, 2.24) is 5.32 Å². The fourth-order valence-electron chi connectivity index (χ4n) is 2.85. The predicted molar refractivity (Wildman–Crippen MR) is 65.2 cm³/mol. The summed E-state index contributed by atoms with van der Waals surface area (Å²) in [6.45, 7) is 4.34. The zero-order valence-corrected chi connectivity index (χ0v) is 9.50. The molecule has 0 spiro atoms. The Morgan fingerprint density at radius 3 is 2.29 bits per heavy atom. The van der Waals surface area contributed by atoms with Crippen LogP contribution in [0.3, 0.4) is 0 Å². The second kappa shape index (κ2) is 4.00. The van der Waals surface area contributed by atoms with Crippen molar-refractivity contribution in [3.63, 3.8) is 0 Å². The summed E-state index contributed by atoms with van der Waals surface area (Å²) in [7, 11) is 0. The maximum atomic E-state index is 10.6. The first-order chi connectivity index (χ1) is 8.24. The average Bonchev–Trinajstić information content (AvgIpc) is 2.89. The molecule has 1 aromatic carbocycles. The molecule has 5 heteroatoms. The predicted octanol–water partition coefficient (Wildman–Crippen LogP) is 1.25. The highest BCUT2D eigenvalue weighted by atomic mass is 16.6. The maximum absolute atomic E-state index is 10.6. The molecule has 0 aromatic heterocycles. The molecule has 90 valence electrons. The molecule has 2 heterocycles. The number of hydrogen-bond acceptors (Lipinski definition) is 4. The van der Waals surface area contributed by atoms with E-state index >= 15 is 0 Å². The highest BCUT2D eigenvalue weighted by Gasteiger charge is 2.36. The third-order valence-electron chi connectivity index (χ3n) is 3.82. The van der Waals surface area contributed by atoms with Crippen molar-refractivity contribution in [1.29, 1.82) is 0 Å². The Balaban J connectivity index is 1.75. The molecule has 5 nitrogen and oxygen atoms in total. The topological polar surface area (TPSA) is 58.4 Å². The molecule has 2 fully saturated rings. The number of hydrogen-bond donors (Lipinski definition) is 1. The van der Waals surface area contributed by atoms with Crippen LogP contribution in [0.25, 0.3) is 0 Å². The van der Waals surface area contributed by atoms with E-state index < -0.39 is 0 Å². The van der Waals surface area contributed by atoms with Gasteiger partial charge in [0, 0.05) is 44.0 Å². The highest BCUT2D eigenvalue weighted by Crippen LogP contribution is 2.31. The van der Waals surface area contributed by atoms with Crippen molar-refractivity contribution in [2.45, 2.75) is 0 Å². The average molecular weight is 233 g/mol. The van der Waals surface area contributed by atoms with E-state index in [1.165, 1.54) is 0 Å². The smallest absolute Gasteiger partial charge is 0.269 e. The fraction of sp³-hybridized carbons (Fsp3) is 0.500.